The van der Waals surface area contributed by atoms with Gasteiger partial charge in [0.25, 0.3) is 5.69 Å². The standard InChI is InChI=1S/C28H34ClN3O8S2/c1-20-6-8-22(41-20)18-30(14-12-21-7-11-26(39-3)27(16-21)40-4)28(33)19-31(13-5-15-38-2)42(36,37)23-9-10-24(29)25(17-23)32(34)35/h6-11,16-17H,5,12-15,18-19H2,1-4H3. The number of thiophene rings is 1. The monoisotopic (exact) mass is 639 g/mol. The van der Waals surface area contributed by atoms with Gasteiger partial charge in [-0.2, -0.15) is 4.31 Å². The molecule has 14 heteroatoms. The number of nitro benzene ring substituents is 1. The van der Waals surface area contributed by atoms with Crippen LogP contribution < -0.4 is 9.47 Å². The Kier molecular flexibility index (Phi) is 12.1. The summed E-state index contributed by atoms with van der Waals surface area (Å²) in [5, 5.41) is 11.2. The van der Waals surface area contributed by atoms with Gasteiger partial charge >= 0.3 is 0 Å². The van der Waals surface area contributed by atoms with E-state index in [9.17, 15) is 23.3 Å². The van der Waals surface area contributed by atoms with Crippen molar-refractivity contribution in [2.24, 2.45) is 0 Å². The minimum absolute atomic E-state index is 0.0278. The molecule has 228 valence electrons. The highest BCUT2D eigenvalue weighted by Crippen LogP contribution is 2.30. The van der Waals surface area contributed by atoms with Crippen molar-refractivity contribution in [3.8, 4) is 11.5 Å². The molecule has 2 aromatic carbocycles. The summed E-state index contributed by atoms with van der Waals surface area (Å²) in [5.74, 6) is 0.739. The first-order valence-corrected chi connectivity index (χ1v) is 15.6. The molecule has 1 amide bonds. The number of ether oxygens (including phenoxy) is 3. The van der Waals surface area contributed by atoms with Crippen LogP contribution in [0.1, 0.15) is 21.7 Å². The average molecular weight is 640 g/mol. The number of amides is 1. The zero-order chi connectivity index (χ0) is 30.9. The van der Waals surface area contributed by atoms with Crippen LogP contribution in [-0.4, -0.2) is 76.0 Å². The van der Waals surface area contributed by atoms with E-state index in [4.69, 9.17) is 25.8 Å². The van der Waals surface area contributed by atoms with E-state index < -0.39 is 33.1 Å². The van der Waals surface area contributed by atoms with Gasteiger partial charge in [-0.05, 0) is 61.7 Å². The molecule has 0 spiro atoms. The third-order valence-corrected chi connectivity index (χ3v) is 9.58. The van der Waals surface area contributed by atoms with Gasteiger partial charge in [-0.15, -0.1) is 11.3 Å². The summed E-state index contributed by atoms with van der Waals surface area (Å²) < 4.78 is 44.2. The highest BCUT2D eigenvalue weighted by molar-refractivity contribution is 7.89. The zero-order valence-corrected chi connectivity index (χ0v) is 26.3. The van der Waals surface area contributed by atoms with E-state index in [0.29, 0.717) is 37.4 Å². The molecule has 0 aliphatic carbocycles. The van der Waals surface area contributed by atoms with E-state index in [2.05, 4.69) is 0 Å². The molecule has 0 fully saturated rings. The molecule has 0 radical (unpaired) electrons. The third kappa shape index (κ3) is 8.65. The number of nitro groups is 1. The van der Waals surface area contributed by atoms with Crippen LogP contribution in [0.5, 0.6) is 11.5 Å². The minimum atomic E-state index is -4.30. The summed E-state index contributed by atoms with van der Waals surface area (Å²) in [6.45, 7) is 2.35. The van der Waals surface area contributed by atoms with Crippen LogP contribution in [0, 0.1) is 17.0 Å². The Morgan fingerprint density at radius 1 is 1.02 bits per heavy atom. The topological polar surface area (TPSA) is 129 Å². The predicted octanol–water partition coefficient (Wildman–Crippen LogP) is 4.93. The lowest BCUT2D eigenvalue weighted by Gasteiger charge is -2.27. The molecule has 0 saturated carbocycles. The fourth-order valence-electron chi connectivity index (χ4n) is 4.21. The maximum absolute atomic E-state index is 13.8. The summed E-state index contributed by atoms with van der Waals surface area (Å²) in [4.78, 5) is 27.8. The van der Waals surface area contributed by atoms with E-state index in [1.807, 2.05) is 31.2 Å². The summed E-state index contributed by atoms with van der Waals surface area (Å²) in [7, 11) is 0.293. The SMILES string of the molecule is COCCCN(CC(=O)N(CCc1ccc(OC)c(OC)c1)Cc1ccc(C)s1)S(=O)(=O)c1ccc(Cl)c([N+](=O)[O-])c1. The lowest BCUT2D eigenvalue weighted by molar-refractivity contribution is -0.384. The van der Waals surface area contributed by atoms with E-state index in [-0.39, 0.29) is 23.1 Å². The molecule has 0 N–H and O–H groups in total. The molecule has 0 aliphatic rings. The van der Waals surface area contributed by atoms with Gasteiger partial charge in [0.15, 0.2) is 11.5 Å². The van der Waals surface area contributed by atoms with Gasteiger partial charge in [0.1, 0.15) is 5.02 Å². The Morgan fingerprint density at radius 2 is 1.76 bits per heavy atom. The third-order valence-electron chi connectivity index (χ3n) is 6.43. The Bertz CT molecular complexity index is 1500. The molecule has 3 rings (SSSR count). The lowest BCUT2D eigenvalue weighted by atomic mass is 10.1. The van der Waals surface area contributed by atoms with Crippen LogP contribution in [0.15, 0.2) is 53.4 Å². The van der Waals surface area contributed by atoms with Crippen LogP contribution in [0.2, 0.25) is 5.02 Å². The van der Waals surface area contributed by atoms with Crippen molar-refractivity contribution in [3.63, 3.8) is 0 Å². The molecule has 42 heavy (non-hydrogen) atoms. The molecule has 0 saturated heterocycles. The van der Waals surface area contributed by atoms with Gasteiger partial charge in [-0.25, -0.2) is 8.42 Å². The summed E-state index contributed by atoms with van der Waals surface area (Å²) in [6.07, 6.45) is 0.796. The number of carbonyl (C=O) groups is 1. The van der Waals surface area contributed by atoms with E-state index in [0.717, 1.165) is 31.8 Å². The lowest BCUT2D eigenvalue weighted by Crippen LogP contribution is -2.43. The minimum Gasteiger partial charge on any atom is -0.493 e. The first-order chi connectivity index (χ1) is 20.0. The molecular weight excluding hydrogens is 606 g/mol. The largest absolute Gasteiger partial charge is 0.493 e. The van der Waals surface area contributed by atoms with Crippen LogP contribution in [0.25, 0.3) is 0 Å². The molecular formula is C28H34ClN3O8S2. The normalized spacial score (nSPS) is 11.5. The van der Waals surface area contributed by atoms with Crippen LogP contribution >= 0.6 is 22.9 Å². The summed E-state index contributed by atoms with van der Waals surface area (Å²) >= 11 is 7.46. The number of hydrogen-bond donors (Lipinski definition) is 0. The van der Waals surface area contributed by atoms with Crippen molar-refractivity contribution in [1.29, 1.82) is 0 Å². The maximum atomic E-state index is 13.8. The van der Waals surface area contributed by atoms with Crippen molar-refractivity contribution in [1.82, 2.24) is 9.21 Å². The number of aryl methyl sites for hydroxylation is 1. The van der Waals surface area contributed by atoms with Crippen LogP contribution in [0.3, 0.4) is 0 Å². The predicted molar refractivity (Wildman–Crippen MR) is 161 cm³/mol. The summed E-state index contributed by atoms with van der Waals surface area (Å²) in [6, 6.07) is 12.7. The smallest absolute Gasteiger partial charge is 0.289 e. The number of hydrogen-bond acceptors (Lipinski definition) is 9. The fraction of sp³-hybridized carbons (Fsp3) is 0.393. The van der Waals surface area contributed by atoms with Crippen molar-refractivity contribution in [3.05, 3.63) is 79.0 Å². The Labute approximate surface area is 254 Å². The van der Waals surface area contributed by atoms with Gasteiger partial charge in [-0.3, -0.25) is 14.9 Å². The first-order valence-electron chi connectivity index (χ1n) is 13.0. The highest BCUT2D eigenvalue weighted by Gasteiger charge is 2.30. The van der Waals surface area contributed by atoms with Crippen LogP contribution in [0.4, 0.5) is 5.69 Å². The quantitative estimate of drug-likeness (QED) is 0.123. The molecule has 0 atom stereocenters. The zero-order valence-electron chi connectivity index (χ0n) is 23.9. The number of benzene rings is 2. The Morgan fingerprint density at radius 3 is 2.38 bits per heavy atom. The Balaban J connectivity index is 1.90. The van der Waals surface area contributed by atoms with Gasteiger partial charge in [0.2, 0.25) is 15.9 Å². The second-order valence-electron chi connectivity index (χ2n) is 9.32. The van der Waals surface area contributed by atoms with Crippen molar-refractivity contribution in [2.45, 2.75) is 31.2 Å². The maximum Gasteiger partial charge on any atom is 0.289 e. The number of methoxy groups -OCH3 is 3. The van der Waals surface area contributed by atoms with E-state index >= 15 is 0 Å². The molecule has 0 unspecified atom stereocenters. The van der Waals surface area contributed by atoms with Crippen molar-refractivity contribution in [2.75, 3.05) is 47.6 Å². The second kappa shape index (κ2) is 15.3. The number of nitrogens with zero attached hydrogens (tertiary/aromatic N) is 3. The number of sulfonamides is 1. The highest BCUT2D eigenvalue weighted by atomic mass is 35.5. The first kappa shape index (κ1) is 33.3. The van der Waals surface area contributed by atoms with Gasteiger partial charge in [0, 0.05) is 42.6 Å². The molecule has 11 nitrogen and oxygen atoms in total. The van der Waals surface area contributed by atoms with Crippen LogP contribution in [-0.2, 0) is 32.5 Å². The second-order valence-corrected chi connectivity index (χ2v) is 13.0. The average Bonchev–Trinajstić information content (AvgIpc) is 3.38. The molecule has 0 bridgehead atoms. The molecule has 0 aliphatic heterocycles. The van der Waals surface area contributed by atoms with Gasteiger partial charge in [0.05, 0.1) is 37.1 Å². The van der Waals surface area contributed by atoms with E-state index in [1.165, 1.54) is 13.2 Å². The summed E-state index contributed by atoms with van der Waals surface area (Å²) in [5.41, 5.74) is 0.372. The van der Waals surface area contributed by atoms with Crippen molar-refractivity contribution >= 4 is 44.6 Å². The fourth-order valence-corrected chi connectivity index (χ4v) is 6.75. The number of carbonyl (C=O) groups excluding carboxylic acids is 1. The number of rotatable bonds is 16. The Hall–Kier alpha value is -3.23. The van der Waals surface area contributed by atoms with E-state index in [1.54, 1.807) is 36.5 Å². The van der Waals surface area contributed by atoms with Crippen molar-refractivity contribution < 1.29 is 32.3 Å². The van der Waals surface area contributed by atoms with Gasteiger partial charge < -0.3 is 19.1 Å². The number of halogens is 1. The molecule has 1 aromatic heterocycles. The molecule has 1 heterocycles. The molecule has 3 aromatic rings. The van der Waals surface area contributed by atoms with Gasteiger partial charge in [-0.1, -0.05) is 17.7 Å².